The molecule has 1 aromatic rings. The third-order valence-corrected chi connectivity index (χ3v) is 4.96. The van der Waals surface area contributed by atoms with Gasteiger partial charge in [-0.05, 0) is 26.8 Å². The Bertz CT molecular complexity index is 538. The number of hydrogen-bond acceptors (Lipinski definition) is 4. The second-order valence-corrected chi connectivity index (χ2v) is 7.39. The number of rotatable bonds is 4. The van der Waals surface area contributed by atoms with Crippen molar-refractivity contribution >= 4 is 10.0 Å². The van der Waals surface area contributed by atoms with E-state index in [0.29, 0.717) is 5.92 Å². The Balaban J connectivity index is 2.13. The standard InChI is InChI=1S/C12H22N4O2S/c1-9(2)16-7-11(5-13-16)19(17,18)14-12-8-15(4)6-10(12)3/h5,7,9-10,12,14H,6,8H2,1-4H3. The van der Waals surface area contributed by atoms with Crippen LogP contribution in [-0.2, 0) is 10.0 Å². The van der Waals surface area contributed by atoms with Gasteiger partial charge in [-0.25, -0.2) is 13.1 Å². The molecule has 2 rings (SSSR count). The molecule has 0 bridgehead atoms. The number of likely N-dealkylation sites (N-methyl/N-ethyl adjacent to an activating group) is 1. The maximum absolute atomic E-state index is 12.3. The first kappa shape index (κ1) is 14.5. The van der Waals surface area contributed by atoms with Crippen molar-refractivity contribution in [2.24, 2.45) is 5.92 Å². The summed E-state index contributed by atoms with van der Waals surface area (Å²) in [4.78, 5) is 2.37. The van der Waals surface area contributed by atoms with E-state index in [1.165, 1.54) is 6.20 Å². The molecule has 0 radical (unpaired) electrons. The lowest BCUT2D eigenvalue weighted by atomic mass is 10.1. The molecular formula is C12H22N4O2S. The van der Waals surface area contributed by atoms with Crippen molar-refractivity contribution in [3.63, 3.8) is 0 Å². The molecule has 2 atom stereocenters. The normalized spacial score (nSPS) is 25.3. The molecule has 1 fully saturated rings. The Kier molecular flexibility index (Phi) is 3.98. The first-order valence-corrected chi connectivity index (χ1v) is 8.03. The van der Waals surface area contributed by atoms with Crippen LogP contribution in [0.5, 0.6) is 0 Å². The maximum atomic E-state index is 12.3. The van der Waals surface area contributed by atoms with E-state index < -0.39 is 10.0 Å². The van der Waals surface area contributed by atoms with Crippen LogP contribution in [0.2, 0.25) is 0 Å². The largest absolute Gasteiger partial charge is 0.304 e. The van der Waals surface area contributed by atoms with Crippen LogP contribution in [0.15, 0.2) is 17.3 Å². The molecule has 7 heteroatoms. The molecule has 2 unspecified atom stereocenters. The van der Waals surface area contributed by atoms with E-state index in [2.05, 4.69) is 21.6 Å². The minimum absolute atomic E-state index is 0.0302. The minimum atomic E-state index is -3.47. The van der Waals surface area contributed by atoms with Crippen LogP contribution >= 0.6 is 0 Å². The molecule has 6 nitrogen and oxygen atoms in total. The van der Waals surface area contributed by atoms with E-state index in [4.69, 9.17) is 0 Å². The van der Waals surface area contributed by atoms with Gasteiger partial charge in [-0.1, -0.05) is 6.92 Å². The van der Waals surface area contributed by atoms with Crippen molar-refractivity contribution in [1.82, 2.24) is 19.4 Å². The van der Waals surface area contributed by atoms with E-state index in [1.807, 2.05) is 20.9 Å². The van der Waals surface area contributed by atoms with Crippen LogP contribution < -0.4 is 4.72 Å². The zero-order valence-electron chi connectivity index (χ0n) is 11.9. The second kappa shape index (κ2) is 5.22. The molecule has 19 heavy (non-hydrogen) atoms. The molecule has 0 aromatic carbocycles. The van der Waals surface area contributed by atoms with Gasteiger partial charge in [0.1, 0.15) is 4.90 Å². The molecule has 1 saturated heterocycles. The number of likely N-dealkylation sites (tertiary alicyclic amines) is 1. The second-order valence-electron chi connectivity index (χ2n) is 5.68. The fourth-order valence-corrected chi connectivity index (χ4v) is 3.65. The van der Waals surface area contributed by atoms with E-state index in [1.54, 1.807) is 10.9 Å². The van der Waals surface area contributed by atoms with Gasteiger partial charge in [-0.2, -0.15) is 5.10 Å². The predicted molar refractivity (Wildman–Crippen MR) is 73.4 cm³/mol. The quantitative estimate of drug-likeness (QED) is 0.884. The van der Waals surface area contributed by atoms with Crippen LogP contribution in [0.3, 0.4) is 0 Å². The lowest BCUT2D eigenvalue weighted by molar-refractivity contribution is 0.400. The number of aromatic nitrogens is 2. The van der Waals surface area contributed by atoms with Gasteiger partial charge in [0.05, 0.1) is 6.20 Å². The van der Waals surface area contributed by atoms with Crippen LogP contribution in [0.4, 0.5) is 0 Å². The molecule has 1 aromatic heterocycles. The maximum Gasteiger partial charge on any atom is 0.243 e. The molecular weight excluding hydrogens is 264 g/mol. The van der Waals surface area contributed by atoms with Gasteiger partial charge in [0.25, 0.3) is 0 Å². The number of sulfonamides is 1. The Hall–Kier alpha value is -0.920. The van der Waals surface area contributed by atoms with Gasteiger partial charge in [0.15, 0.2) is 0 Å². The summed E-state index contributed by atoms with van der Waals surface area (Å²) in [5.74, 6) is 0.319. The summed E-state index contributed by atoms with van der Waals surface area (Å²) in [5.41, 5.74) is 0. The SMILES string of the molecule is CC1CN(C)CC1NS(=O)(=O)c1cnn(C(C)C)c1. The number of nitrogens with zero attached hydrogens (tertiary/aromatic N) is 3. The Morgan fingerprint density at radius 3 is 2.58 bits per heavy atom. The Morgan fingerprint density at radius 2 is 2.11 bits per heavy atom. The number of hydrogen-bond donors (Lipinski definition) is 1. The summed E-state index contributed by atoms with van der Waals surface area (Å²) in [6.45, 7) is 7.65. The molecule has 0 spiro atoms. The lowest BCUT2D eigenvalue weighted by Crippen LogP contribution is -2.39. The molecule has 0 saturated carbocycles. The fourth-order valence-electron chi connectivity index (χ4n) is 2.37. The van der Waals surface area contributed by atoms with Crippen molar-refractivity contribution in [3.8, 4) is 0 Å². The summed E-state index contributed by atoms with van der Waals surface area (Å²) in [6.07, 6.45) is 2.99. The average Bonchev–Trinajstić information content (AvgIpc) is 2.86. The van der Waals surface area contributed by atoms with Crippen molar-refractivity contribution < 1.29 is 8.42 Å². The molecule has 0 aliphatic carbocycles. The van der Waals surface area contributed by atoms with Gasteiger partial charge < -0.3 is 4.90 Å². The number of nitrogens with one attached hydrogen (secondary N) is 1. The topological polar surface area (TPSA) is 67.2 Å². The van der Waals surface area contributed by atoms with Crippen molar-refractivity contribution in [2.75, 3.05) is 20.1 Å². The van der Waals surface area contributed by atoms with Crippen LogP contribution in [-0.4, -0.2) is 49.3 Å². The molecule has 108 valence electrons. The molecule has 1 aliphatic heterocycles. The first-order valence-electron chi connectivity index (χ1n) is 6.54. The van der Waals surface area contributed by atoms with Crippen molar-refractivity contribution in [3.05, 3.63) is 12.4 Å². The lowest BCUT2D eigenvalue weighted by Gasteiger charge is -2.15. The van der Waals surface area contributed by atoms with E-state index in [0.717, 1.165) is 13.1 Å². The highest BCUT2D eigenvalue weighted by molar-refractivity contribution is 7.89. The minimum Gasteiger partial charge on any atom is -0.304 e. The van der Waals surface area contributed by atoms with Crippen LogP contribution in [0.25, 0.3) is 0 Å². The van der Waals surface area contributed by atoms with Crippen LogP contribution in [0.1, 0.15) is 26.8 Å². The average molecular weight is 286 g/mol. The summed E-state index contributed by atoms with van der Waals surface area (Å²) in [7, 11) is -1.47. The summed E-state index contributed by atoms with van der Waals surface area (Å²) < 4.78 is 29.0. The van der Waals surface area contributed by atoms with E-state index >= 15 is 0 Å². The molecule has 1 N–H and O–H groups in total. The van der Waals surface area contributed by atoms with Gasteiger partial charge in [-0.15, -0.1) is 0 Å². The third-order valence-electron chi connectivity index (χ3n) is 3.52. The highest BCUT2D eigenvalue weighted by atomic mass is 32.2. The van der Waals surface area contributed by atoms with Gasteiger partial charge in [0.2, 0.25) is 10.0 Å². The zero-order chi connectivity index (χ0) is 14.2. The molecule has 1 aliphatic rings. The summed E-state index contributed by atoms with van der Waals surface area (Å²) >= 11 is 0. The molecule has 2 heterocycles. The summed E-state index contributed by atoms with van der Waals surface area (Å²) in [6, 6.07) is 0.123. The van der Waals surface area contributed by atoms with Crippen LogP contribution in [0, 0.1) is 5.92 Å². The zero-order valence-corrected chi connectivity index (χ0v) is 12.7. The fraction of sp³-hybridized carbons (Fsp3) is 0.750. The first-order chi connectivity index (χ1) is 8.79. The van der Waals surface area contributed by atoms with E-state index in [9.17, 15) is 8.42 Å². The smallest absolute Gasteiger partial charge is 0.243 e. The highest BCUT2D eigenvalue weighted by Crippen LogP contribution is 2.18. The predicted octanol–water partition coefficient (Wildman–Crippen LogP) is 0.692. The van der Waals surface area contributed by atoms with Gasteiger partial charge in [-0.3, -0.25) is 4.68 Å². The van der Waals surface area contributed by atoms with Gasteiger partial charge >= 0.3 is 0 Å². The van der Waals surface area contributed by atoms with Gasteiger partial charge in [0, 0.05) is 31.4 Å². The Morgan fingerprint density at radius 1 is 1.42 bits per heavy atom. The monoisotopic (exact) mass is 286 g/mol. The van der Waals surface area contributed by atoms with Crippen molar-refractivity contribution in [1.29, 1.82) is 0 Å². The Labute approximate surface area is 114 Å². The van der Waals surface area contributed by atoms with E-state index in [-0.39, 0.29) is 17.0 Å². The van der Waals surface area contributed by atoms with Crippen molar-refractivity contribution in [2.45, 2.75) is 37.8 Å². The summed E-state index contributed by atoms with van der Waals surface area (Å²) in [5, 5.41) is 4.08. The third kappa shape index (κ3) is 3.16. The highest BCUT2D eigenvalue weighted by Gasteiger charge is 2.31. The molecule has 0 amide bonds.